The van der Waals surface area contributed by atoms with E-state index in [-0.39, 0.29) is 11.8 Å². The van der Waals surface area contributed by atoms with Gasteiger partial charge in [0.25, 0.3) is 5.91 Å². The number of nitrogens with one attached hydrogen (secondary N) is 2. The number of thioether (sulfide) groups is 1. The van der Waals surface area contributed by atoms with Gasteiger partial charge in [0.2, 0.25) is 5.91 Å². The van der Waals surface area contributed by atoms with Gasteiger partial charge in [-0.2, -0.15) is 0 Å². The molecule has 2 aromatic carbocycles. The highest BCUT2D eigenvalue weighted by molar-refractivity contribution is 8.18. The van der Waals surface area contributed by atoms with Crippen molar-refractivity contribution in [3.8, 4) is 11.5 Å². The first-order valence-corrected chi connectivity index (χ1v) is 9.78. The number of carbonyl (C=O) groups excluding carboxylic acids is 2. The predicted molar refractivity (Wildman–Crippen MR) is 116 cm³/mol. The molecule has 0 atom stereocenters. The van der Waals surface area contributed by atoms with E-state index in [1.54, 1.807) is 37.5 Å². The molecule has 2 N–H and O–H groups in total. The van der Waals surface area contributed by atoms with E-state index in [2.05, 4.69) is 15.6 Å². The summed E-state index contributed by atoms with van der Waals surface area (Å²) in [4.78, 5) is 28.3. The lowest BCUT2D eigenvalue weighted by Crippen LogP contribution is -2.19. The number of benzene rings is 2. The zero-order valence-electron chi connectivity index (χ0n) is 16.3. The summed E-state index contributed by atoms with van der Waals surface area (Å²) in [6.07, 6.45) is 1.78. The molecule has 3 rings (SSSR count). The molecule has 1 fully saturated rings. The third kappa shape index (κ3) is 5.39. The third-order valence-electron chi connectivity index (χ3n) is 3.85. The van der Waals surface area contributed by atoms with Crippen LogP contribution in [0.3, 0.4) is 0 Å². The molecule has 0 unspecified atom stereocenters. The molecule has 0 spiro atoms. The first-order valence-electron chi connectivity index (χ1n) is 8.96. The molecule has 0 saturated carbocycles. The summed E-state index contributed by atoms with van der Waals surface area (Å²) >= 11 is 1.26. The molecule has 1 aliphatic heterocycles. The van der Waals surface area contributed by atoms with E-state index >= 15 is 0 Å². The molecule has 0 aromatic heterocycles. The van der Waals surface area contributed by atoms with Crippen LogP contribution in [0.1, 0.15) is 19.4 Å². The molecule has 150 valence electrons. The van der Waals surface area contributed by atoms with Crippen molar-refractivity contribution >= 4 is 46.2 Å². The fraction of sp³-hybridized carbons (Fsp3) is 0.190. The van der Waals surface area contributed by atoms with Gasteiger partial charge in [-0.1, -0.05) is 6.07 Å². The van der Waals surface area contributed by atoms with Crippen LogP contribution in [-0.4, -0.2) is 30.7 Å². The van der Waals surface area contributed by atoms with Crippen LogP contribution < -0.4 is 20.1 Å². The third-order valence-corrected chi connectivity index (χ3v) is 4.76. The summed E-state index contributed by atoms with van der Waals surface area (Å²) in [7, 11) is 1.58. The number of hydrogen-bond donors (Lipinski definition) is 2. The number of rotatable bonds is 6. The Balaban J connectivity index is 1.76. The zero-order chi connectivity index (χ0) is 20.8. The Morgan fingerprint density at radius 3 is 2.62 bits per heavy atom. The van der Waals surface area contributed by atoms with Crippen molar-refractivity contribution in [2.75, 3.05) is 19.0 Å². The maximum atomic E-state index is 12.3. The van der Waals surface area contributed by atoms with Crippen molar-refractivity contribution < 1.29 is 19.1 Å². The summed E-state index contributed by atoms with van der Waals surface area (Å²) in [6.45, 7) is 3.90. The number of aliphatic imine (C=N–C) groups is 1. The van der Waals surface area contributed by atoms with Gasteiger partial charge >= 0.3 is 0 Å². The summed E-state index contributed by atoms with van der Waals surface area (Å²) < 4.78 is 10.9. The van der Waals surface area contributed by atoms with Crippen molar-refractivity contribution in [3.63, 3.8) is 0 Å². The van der Waals surface area contributed by atoms with Crippen LogP contribution in [0, 0.1) is 0 Å². The maximum Gasteiger partial charge on any atom is 0.264 e. The zero-order valence-corrected chi connectivity index (χ0v) is 17.1. The van der Waals surface area contributed by atoms with Gasteiger partial charge in [-0.3, -0.25) is 9.59 Å². The second-order valence-corrected chi connectivity index (χ2v) is 7.08. The summed E-state index contributed by atoms with van der Waals surface area (Å²) in [5.74, 6) is 0.920. The van der Waals surface area contributed by atoms with Gasteiger partial charge in [0.05, 0.1) is 24.3 Å². The molecule has 1 aliphatic rings. The Labute approximate surface area is 173 Å². The van der Waals surface area contributed by atoms with Crippen LogP contribution in [0.4, 0.5) is 11.4 Å². The molecule has 1 heterocycles. The van der Waals surface area contributed by atoms with Crippen LogP contribution >= 0.6 is 11.8 Å². The van der Waals surface area contributed by atoms with Gasteiger partial charge in [0.15, 0.2) is 16.7 Å². The highest BCUT2D eigenvalue weighted by Gasteiger charge is 2.24. The minimum atomic E-state index is -0.212. The predicted octanol–water partition coefficient (Wildman–Crippen LogP) is 3.94. The highest BCUT2D eigenvalue weighted by Crippen LogP contribution is 2.32. The average Bonchev–Trinajstić information content (AvgIpc) is 3.03. The molecule has 1 saturated heterocycles. The molecule has 8 heteroatoms. The average molecular weight is 411 g/mol. The number of methoxy groups -OCH3 is 1. The van der Waals surface area contributed by atoms with E-state index in [9.17, 15) is 9.59 Å². The number of anilines is 1. The fourth-order valence-electron chi connectivity index (χ4n) is 2.62. The molecule has 0 aliphatic carbocycles. The van der Waals surface area contributed by atoms with Crippen molar-refractivity contribution in [2.45, 2.75) is 13.8 Å². The van der Waals surface area contributed by atoms with E-state index in [0.717, 1.165) is 5.56 Å². The van der Waals surface area contributed by atoms with Gasteiger partial charge < -0.3 is 20.1 Å². The van der Waals surface area contributed by atoms with Gasteiger partial charge in [-0.05, 0) is 66.7 Å². The molecule has 0 radical (unpaired) electrons. The molecule has 7 nitrogen and oxygen atoms in total. The van der Waals surface area contributed by atoms with Crippen molar-refractivity contribution in [3.05, 3.63) is 52.9 Å². The van der Waals surface area contributed by atoms with Crippen molar-refractivity contribution in [1.29, 1.82) is 0 Å². The lowest BCUT2D eigenvalue weighted by Gasteiger charge is -2.09. The highest BCUT2D eigenvalue weighted by atomic mass is 32.2. The largest absolute Gasteiger partial charge is 0.493 e. The lowest BCUT2D eigenvalue weighted by molar-refractivity contribution is -0.115. The number of amidine groups is 1. The summed E-state index contributed by atoms with van der Waals surface area (Å²) in [5.41, 5.74) is 2.18. The maximum absolute atomic E-state index is 12.3. The van der Waals surface area contributed by atoms with Gasteiger partial charge in [0.1, 0.15) is 0 Å². The number of nitrogens with zero attached hydrogens (tertiary/aromatic N) is 1. The summed E-state index contributed by atoms with van der Waals surface area (Å²) in [5, 5.41) is 5.95. The lowest BCUT2D eigenvalue weighted by atomic mass is 10.2. The molecular formula is C21H21N3O4S. The first-order chi connectivity index (χ1) is 14.0. The smallest absolute Gasteiger partial charge is 0.264 e. The van der Waals surface area contributed by atoms with E-state index in [0.29, 0.717) is 39.6 Å². The molecule has 2 aromatic rings. The Bertz CT molecular complexity index is 984. The topological polar surface area (TPSA) is 89.0 Å². The SMILES string of the molecule is CCOc1ccc(/C=C2/SC(=Nc3ccc(NC(C)=O)cc3)NC2=O)cc1OC. The Kier molecular flexibility index (Phi) is 6.56. The number of hydrogen-bond acceptors (Lipinski definition) is 6. The Morgan fingerprint density at radius 1 is 1.21 bits per heavy atom. The van der Waals surface area contributed by atoms with Crippen molar-refractivity contribution in [1.82, 2.24) is 5.32 Å². The second-order valence-electron chi connectivity index (χ2n) is 6.05. The molecular weight excluding hydrogens is 390 g/mol. The quantitative estimate of drug-likeness (QED) is 0.703. The Morgan fingerprint density at radius 2 is 1.97 bits per heavy atom. The fourth-order valence-corrected chi connectivity index (χ4v) is 3.46. The number of ether oxygens (including phenoxy) is 2. The molecule has 0 bridgehead atoms. The minimum absolute atomic E-state index is 0.136. The monoisotopic (exact) mass is 411 g/mol. The minimum Gasteiger partial charge on any atom is -0.493 e. The number of carbonyl (C=O) groups is 2. The van der Waals surface area contributed by atoms with Crippen LogP contribution in [-0.2, 0) is 9.59 Å². The van der Waals surface area contributed by atoms with Gasteiger partial charge in [-0.25, -0.2) is 4.99 Å². The first kappa shape index (κ1) is 20.5. The number of amides is 2. The second kappa shape index (κ2) is 9.29. The van der Waals surface area contributed by atoms with Crippen LogP contribution in [0.5, 0.6) is 11.5 Å². The van der Waals surface area contributed by atoms with Crippen LogP contribution in [0.25, 0.3) is 6.08 Å². The van der Waals surface area contributed by atoms with Crippen LogP contribution in [0.2, 0.25) is 0 Å². The van der Waals surface area contributed by atoms with Gasteiger partial charge in [0, 0.05) is 12.6 Å². The van der Waals surface area contributed by atoms with Crippen LogP contribution in [0.15, 0.2) is 52.4 Å². The normalized spacial score (nSPS) is 16.0. The summed E-state index contributed by atoms with van der Waals surface area (Å²) in [6, 6.07) is 12.5. The molecule has 2 amide bonds. The Hall–Kier alpha value is -3.26. The van der Waals surface area contributed by atoms with E-state index in [4.69, 9.17) is 9.47 Å². The van der Waals surface area contributed by atoms with E-state index < -0.39 is 0 Å². The molecule has 29 heavy (non-hydrogen) atoms. The van der Waals surface area contributed by atoms with Crippen molar-refractivity contribution in [2.24, 2.45) is 4.99 Å². The van der Waals surface area contributed by atoms with E-state index in [1.165, 1.54) is 18.7 Å². The standard InChI is InChI=1S/C21H21N3O4S/c1-4-28-17-10-5-14(11-18(17)27-3)12-19-20(26)24-21(29-19)23-16-8-6-15(7-9-16)22-13(2)25/h5-12H,4H2,1-3H3,(H,22,25)(H,23,24,26)/b19-12+. The van der Waals surface area contributed by atoms with E-state index in [1.807, 2.05) is 25.1 Å². The van der Waals surface area contributed by atoms with Gasteiger partial charge in [-0.15, -0.1) is 0 Å².